The number of hydrogen-bond acceptors (Lipinski definition) is 1. The Bertz CT molecular complexity index is 429. The van der Waals surface area contributed by atoms with Crippen molar-refractivity contribution in [2.45, 2.75) is 32.9 Å². The molecule has 1 fully saturated rings. The summed E-state index contributed by atoms with van der Waals surface area (Å²) in [5.74, 6) is 0. The molecule has 2 rings (SSSR count). The van der Waals surface area contributed by atoms with E-state index in [2.05, 4.69) is 43.9 Å². The summed E-state index contributed by atoms with van der Waals surface area (Å²) in [6.45, 7) is 12.3. The number of quaternary nitrogens is 2. The average Bonchev–Trinajstić information content (AvgIpc) is 2.79. The lowest BCUT2D eigenvalue weighted by Gasteiger charge is -2.48. The molecule has 0 aliphatic carbocycles. The second-order valence-electron chi connectivity index (χ2n) is 7.32. The molecule has 0 amide bonds. The largest absolute Gasteiger partial charge is 0.317 e. The quantitative estimate of drug-likeness (QED) is 0.566. The van der Waals surface area contributed by atoms with Crippen LogP contribution in [0.25, 0.3) is 0 Å². The average molecular weight is 282 g/mol. The number of aryl methyl sites for hydroxylation is 2. The van der Waals surface area contributed by atoms with E-state index in [-0.39, 0.29) is 0 Å². The van der Waals surface area contributed by atoms with Gasteiger partial charge in [-0.15, -0.1) is 4.68 Å². The number of likely N-dealkylation sites (N-methyl/N-ethyl adjacent to an activating group) is 2. The van der Waals surface area contributed by atoms with Crippen molar-refractivity contribution in [3.63, 3.8) is 0 Å². The van der Waals surface area contributed by atoms with Gasteiger partial charge in [-0.05, 0) is 13.8 Å². The molecule has 0 bridgehead atoms. The molecule has 0 unspecified atom stereocenters. The first-order chi connectivity index (χ1) is 9.33. The van der Waals surface area contributed by atoms with Gasteiger partial charge in [0.05, 0.1) is 40.3 Å². The topological polar surface area (TPSA) is 21.7 Å². The molecule has 0 N–H and O–H groups in total. The van der Waals surface area contributed by atoms with Gasteiger partial charge in [0, 0.05) is 11.5 Å². The van der Waals surface area contributed by atoms with E-state index in [1.165, 1.54) is 48.1 Å². The highest BCUT2D eigenvalue weighted by molar-refractivity contribution is 4.54. The van der Waals surface area contributed by atoms with Crippen LogP contribution in [0, 0.1) is 0 Å². The molecule has 5 heteroatoms. The molecule has 114 valence electrons. The number of aromatic nitrogens is 3. The van der Waals surface area contributed by atoms with Crippen molar-refractivity contribution < 1.29 is 13.5 Å². The van der Waals surface area contributed by atoms with E-state index in [4.69, 9.17) is 0 Å². The van der Waals surface area contributed by atoms with Crippen LogP contribution in [0.4, 0.5) is 0 Å². The molecule has 0 atom stereocenters. The van der Waals surface area contributed by atoms with Gasteiger partial charge in [-0.3, -0.25) is 0 Å². The van der Waals surface area contributed by atoms with E-state index >= 15 is 0 Å². The molecule has 0 saturated carbocycles. The molecule has 20 heavy (non-hydrogen) atoms. The Balaban J connectivity index is 1.79. The van der Waals surface area contributed by atoms with Crippen LogP contribution in [0.1, 0.15) is 20.3 Å². The van der Waals surface area contributed by atoms with Crippen molar-refractivity contribution in [1.82, 2.24) is 9.78 Å². The second-order valence-corrected chi connectivity index (χ2v) is 7.32. The van der Waals surface area contributed by atoms with E-state index < -0.39 is 0 Å². The zero-order chi connectivity index (χ0) is 14.8. The van der Waals surface area contributed by atoms with Crippen molar-refractivity contribution >= 4 is 0 Å². The molecule has 5 nitrogen and oxygen atoms in total. The summed E-state index contributed by atoms with van der Waals surface area (Å²) in [5.41, 5.74) is 0. The van der Waals surface area contributed by atoms with Gasteiger partial charge in [0.25, 0.3) is 6.33 Å². The highest BCUT2D eigenvalue weighted by atomic mass is 15.5. The third-order valence-corrected chi connectivity index (χ3v) is 5.36. The Kier molecular flexibility index (Phi) is 4.49. The smallest absolute Gasteiger partial charge is 0.265 e. The Labute approximate surface area is 123 Å². The summed E-state index contributed by atoms with van der Waals surface area (Å²) in [6.07, 6.45) is 5.21. The van der Waals surface area contributed by atoms with Crippen LogP contribution < -0.4 is 4.57 Å². The predicted molar refractivity (Wildman–Crippen MR) is 79.9 cm³/mol. The molecule has 0 spiro atoms. The lowest BCUT2D eigenvalue weighted by Crippen LogP contribution is -2.66. The molecule has 1 aromatic heterocycles. The van der Waals surface area contributed by atoms with Gasteiger partial charge >= 0.3 is 0 Å². The third kappa shape index (κ3) is 3.58. The van der Waals surface area contributed by atoms with Crippen LogP contribution in [0.5, 0.6) is 0 Å². The van der Waals surface area contributed by atoms with E-state index in [0.29, 0.717) is 0 Å². The molecule has 0 aromatic carbocycles. The Morgan fingerprint density at radius 2 is 1.85 bits per heavy atom. The maximum atomic E-state index is 4.21. The number of rotatable bonds is 5. The molecular weight excluding hydrogens is 250 g/mol. The number of piperazine rings is 1. The van der Waals surface area contributed by atoms with Crippen LogP contribution >= 0.6 is 0 Å². The first-order valence-corrected chi connectivity index (χ1v) is 7.88. The fraction of sp³-hybridized carbons (Fsp3) is 0.867. The second kappa shape index (κ2) is 5.82. The Morgan fingerprint density at radius 3 is 2.35 bits per heavy atom. The SMILES string of the molecule is CC(C)[N+]1(C)CC[N+](C)(CCC[n+]2cnn(C)c2)CC1. The maximum absolute atomic E-state index is 4.21. The number of hydrogen-bond donors (Lipinski definition) is 0. The fourth-order valence-electron chi connectivity index (χ4n) is 3.08. The molecule has 1 aliphatic heterocycles. The van der Waals surface area contributed by atoms with Gasteiger partial charge in [0.15, 0.2) is 0 Å². The minimum absolute atomic E-state index is 0.745. The Hall–Kier alpha value is -0.940. The number of nitrogens with zero attached hydrogens (tertiary/aromatic N) is 5. The lowest BCUT2D eigenvalue weighted by molar-refractivity contribution is -1.02. The van der Waals surface area contributed by atoms with Crippen molar-refractivity contribution in [3.05, 3.63) is 12.7 Å². The minimum Gasteiger partial charge on any atom is -0.317 e. The van der Waals surface area contributed by atoms with Crippen LogP contribution in [0.3, 0.4) is 0 Å². The molecular formula is C15H32N5+3. The minimum atomic E-state index is 0.745. The molecule has 1 aliphatic rings. The predicted octanol–water partition coefficient (Wildman–Crippen LogP) is 0.413. The first-order valence-electron chi connectivity index (χ1n) is 7.88. The van der Waals surface area contributed by atoms with Gasteiger partial charge < -0.3 is 8.97 Å². The van der Waals surface area contributed by atoms with Gasteiger partial charge in [-0.25, -0.2) is 4.57 Å². The van der Waals surface area contributed by atoms with Crippen LogP contribution in [-0.2, 0) is 13.6 Å². The van der Waals surface area contributed by atoms with E-state index in [1.807, 2.05) is 18.1 Å². The van der Waals surface area contributed by atoms with Crippen molar-refractivity contribution in [1.29, 1.82) is 0 Å². The first kappa shape index (κ1) is 15.4. The summed E-state index contributed by atoms with van der Waals surface area (Å²) in [7, 11) is 6.82. The van der Waals surface area contributed by atoms with Gasteiger partial charge in [0.1, 0.15) is 26.2 Å². The monoisotopic (exact) mass is 282 g/mol. The van der Waals surface area contributed by atoms with E-state index in [9.17, 15) is 0 Å². The highest BCUT2D eigenvalue weighted by Gasteiger charge is 2.38. The van der Waals surface area contributed by atoms with Crippen molar-refractivity contribution in [2.75, 3.05) is 46.8 Å². The van der Waals surface area contributed by atoms with E-state index in [0.717, 1.165) is 12.6 Å². The van der Waals surface area contributed by atoms with Crippen molar-refractivity contribution in [2.24, 2.45) is 7.05 Å². The third-order valence-electron chi connectivity index (χ3n) is 5.36. The fourth-order valence-corrected chi connectivity index (χ4v) is 3.08. The van der Waals surface area contributed by atoms with Crippen LogP contribution in [0.15, 0.2) is 12.7 Å². The van der Waals surface area contributed by atoms with E-state index in [1.54, 1.807) is 0 Å². The summed E-state index contributed by atoms with van der Waals surface area (Å²) in [4.78, 5) is 0. The summed E-state index contributed by atoms with van der Waals surface area (Å²) in [5, 5.41) is 4.21. The normalized spacial score (nSPS) is 30.9. The summed E-state index contributed by atoms with van der Waals surface area (Å²) >= 11 is 0. The molecule has 0 radical (unpaired) electrons. The maximum Gasteiger partial charge on any atom is 0.265 e. The summed E-state index contributed by atoms with van der Waals surface area (Å²) < 4.78 is 6.53. The standard InChI is InChI=1S/C15H32N5/c1-15(2)20(5)11-9-19(4,10-12-20)8-6-7-18-13-16-17(3)14-18/h13-15H,6-12H2,1-5H3/q+3. The van der Waals surface area contributed by atoms with Crippen LogP contribution in [-0.4, -0.2) is 71.6 Å². The van der Waals surface area contributed by atoms with Crippen molar-refractivity contribution in [3.8, 4) is 0 Å². The summed E-state index contributed by atoms with van der Waals surface area (Å²) in [6, 6.07) is 0.745. The zero-order valence-corrected chi connectivity index (χ0v) is 13.9. The highest BCUT2D eigenvalue weighted by Crippen LogP contribution is 2.19. The molecule has 1 saturated heterocycles. The van der Waals surface area contributed by atoms with Gasteiger partial charge in [-0.2, -0.15) is 0 Å². The molecule has 1 aromatic rings. The Morgan fingerprint density at radius 1 is 1.20 bits per heavy atom. The zero-order valence-electron chi connectivity index (χ0n) is 13.9. The van der Waals surface area contributed by atoms with Crippen LogP contribution in [0.2, 0.25) is 0 Å². The van der Waals surface area contributed by atoms with Gasteiger partial charge in [-0.1, -0.05) is 0 Å². The molecule has 2 heterocycles. The van der Waals surface area contributed by atoms with Gasteiger partial charge in [0.2, 0.25) is 6.33 Å². The lowest BCUT2D eigenvalue weighted by atomic mass is 10.1.